The summed E-state index contributed by atoms with van der Waals surface area (Å²) in [6.45, 7) is 2.82. The molecule has 0 aliphatic rings. The largest absolute Gasteiger partial charge is 0.497 e. The van der Waals surface area contributed by atoms with E-state index >= 15 is 0 Å². The van der Waals surface area contributed by atoms with Crippen LogP contribution < -0.4 is 20.3 Å². The molecule has 0 radical (unpaired) electrons. The molecule has 0 saturated carbocycles. The summed E-state index contributed by atoms with van der Waals surface area (Å²) >= 11 is 5.44. The van der Waals surface area contributed by atoms with Gasteiger partial charge in [-0.15, -0.1) is 0 Å². The van der Waals surface area contributed by atoms with Crippen LogP contribution in [0.4, 0.5) is 5.69 Å². The molecule has 3 N–H and O–H groups in total. The van der Waals surface area contributed by atoms with Crippen LogP contribution in [0.1, 0.15) is 17.2 Å². The van der Waals surface area contributed by atoms with Gasteiger partial charge in [0, 0.05) is 11.3 Å². The third-order valence-corrected chi connectivity index (χ3v) is 4.32. The lowest BCUT2D eigenvalue weighted by molar-refractivity contribution is -0.890. The molecule has 0 saturated heterocycles. The van der Waals surface area contributed by atoms with Gasteiger partial charge in [-0.1, -0.05) is 18.2 Å². The van der Waals surface area contributed by atoms with Crippen molar-refractivity contribution in [2.24, 2.45) is 0 Å². The van der Waals surface area contributed by atoms with Gasteiger partial charge in [-0.05, 0) is 55.0 Å². The van der Waals surface area contributed by atoms with E-state index in [4.69, 9.17) is 17.0 Å². The highest BCUT2D eigenvalue weighted by Crippen LogP contribution is 2.16. The summed E-state index contributed by atoms with van der Waals surface area (Å²) in [6, 6.07) is 16.6. The number of hydrogen-bond donors (Lipinski definition) is 3. The van der Waals surface area contributed by atoms with E-state index in [1.54, 1.807) is 7.11 Å². The molecular weight excluding hydrogens is 318 g/mol. The minimum Gasteiger partial charge on any atom is -0.497 e. The monoisotopic (exact) mass is 344 g/mol. The summed E-state index contributed by atoms with van der Waals surface area (Å²) < 4.78 is 5.23. The Balaban J connectivity index is 1.98. The zero-order valence-corrected chi connectivity index (χ0v) is 15.5. The van der Waals surface area contributed by atoms with Gasteiger partial charge in [0.25, 0.3) is 0 Å². The molecule has 4 nitrogen and oxygen atoms in total. The molecular formula is C19H26N3OS+. The molecule has 2 aromatic carbocycles. The van der Waals surface area contributed by atoms with Crippen LogP contribution in [0.2, 0.25) is 0 Å². The first kappa shape index (κ1) is 18.2. The van der Waals surface area contributed by atoms with Crippen LogP contribution in [0.3, 0.4) is 0 Å². The van der Waals surface area contributed by atoms with Crippen molar-refractivity contribution in [2.45, 2.75) is 13.0 Å². The average Bonchev–Trinajstić information content (AvgIpc) is 2.57. The van der Waals surface area contributed by atoms with Gasteiger partial charge in [-0.25, -0.2) is 0 Å². The van der Waals surface area contributed by atoms with E-state index in [1.165, 1.54) is 16.0 Å². The molecule has 0 amide bonds. The first-order valence-electron chi connectivity index (χ1n) is 8.05. The summed E-state index contributed by atoms with van der Waals surface area (Å²) in [4.78, 5) is 1.34. The highest BCUT2D eigenvalue weighted by Gasteiger charge is 2.18. The first-order valence-corrected chi connectivity index (χ1v) is 8.46. The molecule has 1 atom stereocenters. The third-order valence-electron chi connectivity index (χ3n) is 4.08. The topological polar surface area (TPSA) is 37.7 Å². The van der Waals surface area contributed by atoms with E-state index in [0.717, 1.165) is 18.0 Å². The number of methoxy groups -OCH3 is 1. The second-order valence-corrected chi connectivity index (χ2v) is 6.46. The SMILES string of the molecule is COc1ccc([C@@H](CNC(=S)Nc2ccccc2C)[NH+](C)C)cc1. The van der Waals surface area contributed by atoms with Gasteiger partial charge in [-0.2, -0.15) is 0 Å². The Morgan fingerprint density at radius 2 is 1.79 bits per heavy atom. The summed E-state index contributed by atoms with van der Waals surface area (Å²) in [5.74, 6) is 0.871. The molecule has 24 heavy (non-hydrogen) atoms. The molecule has 0 aliphatic carbocycles. The van der Waals surface area contributed by atoms with Crippen LogP contribution in [-0.2, 0) is 0 Å². The van der Waals surface area contributed by atoms with E-state index in [9.17, 15) is 0 Å². The Morgan fingerprint density at radius 1 is 1.12 bits per heavy atom. The van der Waals surface area contributed by atoms with Crippen molar-refractivity contribution in [2.75, 3.05) is 33.1 Å². The standard InChI is InChI=1S/C19H25N3OS/c1-14-7-5-6-8-17(14)21-19(24)20-13-18(22(2)3)15-9-11-16(23-4)12-10-15/h5-12,18H,13H2,1-4H3,(H2,20,21,24)/p+1/t18-/m1/s1. The Bertz CT molecular complexity index is 671. The molecule has 0 bridgehead atoms. The number of hydrogen-bond acceptors (Lipinski definition) is 2. The van der Waals surface area contributed by atoms with Crippen LogP contribution in [-0.4, -0.2) is 32.9 Å². The molecule has 2 aromatic rings. The highest BCUT2D eigenvalue weighted by molar-refractivity contribution is 7.80. The van der Waals surface area contributed by atoms with Gasteiger partial charge in [0.05, 0.1) is 27.7 Å². The second-order valence-electron chi connectivity index (χ2n) is 6.05. The first-order chi connectivity index (χ1) is 11.5. The minimum atomic E-state index is 0.299. The summed E-state index contributed by atoms with van der Waals surface area (Å²) in [5.41, 5.74) is 3.46. The number of aryl methyl sites for hydroxylation is 1. The lowest BCUT2D eigenvalue weighted by Gasteiger charge is -2.23. The lowest BCUT2D eigenvalue weighted by Crippen LogP contribution is -3.07. The highest BCUT2D eigenvalue weighted by atomic mass is 32.1. The van der Waals surface area contributed by atoms with Crippen LogP contribution in [0, 0.1) is 6.92 Å². The van der Waals surface area contributed by atoms with E-state index in [2.05, 4.69) is 49.9 Å². The molecule has 0 aliphatic heterocycles. The number of rotatable bonds is 6. The van der Waals surface area contributed by atoms with Crippen LogP contribution in [0.15, 0.2) is 48.5 Å². The molecule has 0 fully saturated rings. The predicted octanol–water partition coefficient (Wildman–Crippen LogP) is 2.18. The molecule has 0 spiro atoms. The zero-order chi connectivity index (χ0) is 17.5. The number of para-hydroxylation sites is 1. The van der Waals surface area contributed by atoms with E-state index in [1.807, 2.05) is 30.3 Å². The third kappa shape index (κ3) is 4.94. The zero-order valence-electron chi connectivity index (χ0n) is 14.7. The fraction of sp³-hybridized carbons (Fsp3) is 0.316. The van der Waals surface area contributed by atoms with Crippen molar-refractivity contribution in [3.8, 4) is 5.75 Å². The predicted molar refractivity (Wildman–Crippen MR) is 104 cm³/mol. The summed E-state index contributed by atoms with van der Waals surface area (Å²) in [5, 5.41) is 7.24. The Morgan fingerprint density at radius 3 is 2.38 bits per heavy atom. The van der Waals surface area contributed by atoms with Crippen LogP contribution >= 0.6 is 12.2 Å². The molecule has 0 unspecified atom stereocenters. The molecule has 0 heterocycles. The molecule has 5 heteroatoms. The fourth-order valence-electron chi connectivity index (χ4n) is 2.57. The second kappa shape index (κ2) is 8.66. The smallest absolute Gasteiger partial charge is 0.171 e. The molecule has 0 aromatic heterocycles. The van der Waals surface area contributed by atoms with E-state index in [0.29, 0.717) is 11.2 Å². The maximum absolute atomic E-state index is 5.44. The number of quaternary nitrogens is 1. The van der Waals surface area contributed by atoms with Crippen LogP contribution in [0.25, 0.3) is 0 Å². The van der Waals surface area contributed by atoms with Crippen molar-refractivity contribution in [1.82, 2.24) is 5.32 Å². The van der Waals surface area contributed by atoms with E-state index < -0.39 is 0 Å². The summed E-state index contributed by atoms with van der Waals surface area (Å²) in [7, 11) is 5.98. The maximum Gasteiger partial charge on any atom is 0.171 e. The quantitative estimate of drug-likeness (QED) is 0.702. The minimum absolute atomic E-state index is 0.299. The Kier molecular flexibility index (Phi) is 6.58. The molecule has 2 rings (SSSR count). The number of thiocarbonyl (C=S) groups is 1. The number of nitrogens with one attached hydrogen (secondary N) is 3. The van der Waals surface area contributed by atoms with Gasteiger partial charge in [0.2, 0.25) is 0 Å². The van der Waals surface area contributed by atoms with Crippen molar-refractivity contribution < 1.29 is 9.64 Å². The summed E-state index contributed by atoms with van der Waals surface area (Å²) in [6.07, 6.45) is 0. The lowest BCUT2D eigenvalue weighted by atomic mass is 10.1. The van der Waals surface area contributed by atoms with E-state index in [-0.39, 0.29) is 0 Å². The van der Waals surface area contributed by atoms with Gasteiger partial charge in [0.1, 0.15) is 11.8 Å². The Hall–Kier alpha value is -2.11. The van der Waals surface area contributed by atoms with Gasteiger partial charge >= 0.3 is 0 Å². The van der Waals surface area contributed by atoms with Crippen LogP contribution in [0.5, 0.6) is 5.75 Å². The fourth-order valence-corrected chi connectivity index (χ4v) is 2.76. The van der Waals surface area contributed by atoms with Gasteiger partial charge < -0.3 is 20.3 Å². The maximum atomic E-state index is 5.44. The van der Waals surface area contributed by atoms with Crippen molar-refractivity contribution in [1.29, 1.82) is 0 Å². The van der Waals surface area contributed by atoms with Crippen molar-refractivity contribution in [3.63, 3.8) is 0 Å². The Labute approximate surface area is 149 Å². The van der Waals surface area contributed by atoms with Gasteiger partial charge in [-0.3, -0.25) is 0 Å². The van der Waals surface area contributed by atoms with Gasteiger partial charge in [0.15, 0.2) is 5.11 Å². The molecule has 128 valence electrons. The number of benzene rings is 2. The van der Waals surface area contributed by atoms with Crippen molar-refractivity contribution >= 4 is 23.0 Å². The number of ether oxygens (including phenoxy) is 1. The number of likely N-dealkylation sites (N-methyl/N-ethyl adjacent to an activating group) is 1. The average molecular weight is 345 g/mol. The normalized spacial score (nSPS) is 11.9. The number of anilines is 1. The van der Waals surface area contributed by atoms with Crippen molar-refractivity contribution in [3.05, 3.63) is 59.7 Å².